The molecule has 1 aromatic heterocycles. The van der Waals surface area contributed by atoms with Gasteiger partial charge in [0.2, 0.25) is 11.6 Å². The zero-order valence-corrected chi connectivity index (χ0v) is 44.5. The maximum absolute atomic E-state index is 15.3. The molecule has 5 bridgehead atoms. The molecule has 77 heavy (non-hydrogen) atoms. The Morgan fingerprint density at radius 2 is 1.68 bits per heavy atom. The fourth-order valence-corrected chi connectivity index (χ4v) is 10.7. The zero-order valence-electron chi connectivity index (χ0n) is 44.5. The monoisotopic (exact) mass is 1070 g/mol. The number of nitrogens with one attached hydrogen (secondary N) is 1. The van der Waals surface area contributed by atoms with E-state index in [1.807, 2.05) is 24.3 Å². The first-order valence-electron chi connectivity index (χ1n) is 25.6. The van der Waals surface area contributed by atoms with Gasteiger partial charge >= 0.3 is 23.6 Å². The van der Waals surface area contributed by atoms with Crippen molar-refractivity contribution < 1.29 is 72.6 Å². The fourth-order valence-electron chi connectivity index (χ4n) is 10.7. The molecule has 6 aliphatic rings. The highest BCUT2D eigenvalue weighted by molar-refractivity contribution is 6.32. The standard InChI is InChI=1S/C55H66N6O16/c1-28-12-10-13-29(2)53(69)57-43-44(59-19-17-58(18-20-59)23-35-14-11-15-36(22-35)26-73-37-24-60-25-39(61(70)71)56-54(60)74-27-37)49(67)40-41(48(43)66)47(65)33(6)51-42(40)52(68)55(8,77-51)75-21-16-38(72-9)30(3)50(76-34(7)62)32(5)46(64)31(4)45(28)63/h10-16,21-22,25,28,30-32,37-38,45-46,50,63-65H,17-20,23-24,26-27H2,1-9H3,(H,57,69)/b12-10+,21-16+,29-13-/t28-,30+,31+,32+,37?,38-,45-,46+,50+,55-/m0/s1. The van der Waals surface area contributed by atoms with Gasteiger partial charge in [-0.15, -0.1) is 0 Å². The number of amides is 1. The summed E-state index contributed by atoms with van der Waals surface area (Å²) in [6.45, 7) is 14.9. The third-order valence-electron chi connectivity index (χ3n) is 15.2. The molecule has 1 aliphatic carbocycles. The number of imidazole rings is 1. The number of aromatic nitrogens is 2. The van der Waals surface area contributed by atoms with Gasteiger partial charge in [0, 0.05) is 93.5 Å². The van der Waals surface area contributed by atoms with Crippen LogP contribution in [0.1, 0.15) is 96.2 Å². The van der Waals surface area contributed by atoms with Gasteiger partial charge in [0.1, 0.15) is 47.9 Å². The van der Waals surface area contributed by atoms with Crippen LogP contribution >= 0.6 is 0 Å². The first-order valence-corrected chi connectivity index (χ1v) is 25.6. The van der Waals surface area contributed by atoms with Crippen molar-refractivity contribution in [1.29, 1.82) is 0 Å². The van der Waals surface area contributed by atoms with E-state index in [0.29, 0.717) is 26.2 Å². The number of ether oxygens (including phenoxy) is 6. The number of Topliss-reactive ketones (excluding diaryl/α,β-unsaturated/α-hetero) is 3. The molecular weight excluding hydrogens is 1000 g/mol. The van der Waals surface area contributed by atoms with Crippen molar-refractivity contribution >= 4 is 35.0 Å². The molecule has 0 radical (unpaired) electrons. The van der Waals surface area contributed by atoms with Crippen molar-refractivity contribution in [2.45, 2.75) is 111 Å². The number of phenolic OH excluding ortho intramolecular Hbond substituents is 1. The van der Waals surface area contributed by atoms with E-state index in [2.05, 4.69) is 15.2 Å². The van der Waals surface area contributed by atoms with Crippen molar-refractivity contribution in [3.63, 3.8) is 0 Å². The number of nitro groups is 1. The van der Waals surface area contributed by atoms with Crippen LogP contribution in [-0.2, 0) is 48.2 Å². The first-order chi connectivity index (χ1) is 36.5. The number of carbonyl (C=O) groups is 5. The van der Waals surface area contributed by atoms with E-state index in [9.17, 15) is 44.6 Å². The predicted molar refractivity (Wildman–Crippen MR) is 274 cm³/mol. The summed E-state index contributed by atoms with van der Waals surface area (Å²) >= 11 is 0. The van der Waals surface area contributed by atoms with E-state index in [0.717, 1.165) is 11.1 Å². The lowest BCUT2D eigenvalue weighted by molar-refractivity contribution is -0.389. The number of aliphatic hydroxyl groups excluding tert-OH is 2. The molecule has 1 saturated heterocycles. The molecule has 1 amide bonds. The predicted octanol–water partition coefficient (Wildman–Crippen LogP) is 4.86. The van der Waals surface area contributed by atoms with Crippen molar-refractivity contribution in [1.82, 2.24) is 24.7 Å². The summed E-state index contributed by atoms with van der Waals surface area (Å²) in [7, 11) is 1.42. The summed E-state index contributed by atoms with van der Waals surface area (Å²) in [6, 6.07) is 7.99. The van der Waals surface area contributed by atoms with Crippen LogP contribution in [0, 0.1) is 40.7 Å². The van der Waals surface area contributed by atoms with Crippen LogP contribution < -0.4 is 14.8 Å². The van der Waals surface area contributed by atoms with Crippen LogP contribution in [0.5, 0.6) is 17.5 Å². The largest absolute Gasteiger partial charge is 0.507 e. The molecule has 2 aromatic carbocycles. The Bertz CT molecular complexity index is 2970. The summed E-state index contributed by atoms with van der Waals surface area (Å²) in [5.74, 6) is -9.76. The molecule has 1 unspecified atom stereocenters. The van der Waals surface area contributed by atoms with Crippen LogP contribution in [0.2, 0.25) is 0 Å². The molecule has 5 aliphatic heterocycles. The van der Waals surface area contributed by atoms with Gasteiger partial charge < -0.3 is 64.1 Å². The summed E-state index contributed by atoms with van der Waals surface area (Å²) < 4.78 is 37.1. The molecule has 412 valence electrons. The molecule has 22 nitrogen and oxygen atoms in total. The van der Waals surface area contributed by atoms with Crippen LogP contribution in [0.4, 0.5) is 5.82 Å². The lowest BCUT2D eigenvalue weighted by Gasteiger charge is -2.39. The number of phenols is 1. The van der Waals surface area contributed by atoms with Crippen LogP contribution in [-0.4, -0.2) is 145 Å². The summed E-state index contributed by atoms with van der Waals surface area (Å²) in [5, 5.41) is 48.8. The van der Waals surface area contributed by atoms with Crippen molar-refractivity contribution in [3.05, 3.63) is 121 Å². The normalized spacial score (nSPS) is 29.8. The molecule has 9 rings (SSSR count). The highest BCUT2D eigenvalue weighted by Gasteiger charge is 2.53. The number of piperazine rings is 1. The topological polar surface area (TPSA) is 281 Å². The number of ketones is 3. The van der Waals surface area contributed by atoms with Crippen LogP contribution in [0.25, 0.3) is 0 Å². The summed E-state index contributed by atoms with van der Waals surface area (Å²) in [4.78, 5) is 89.9. The van der Waals surface area contributed by atoms with Gasteiger partial charge in [0.05, 0.1) is 54.4 Å². The van der Waals surface area contributed by atoms with Gasteiger partial charge in [-0.1, -0.05) is 70.2 Å². The molecule has 3 aromatic rings. The third kappa shape index (κ3) is 11.3. The smallest absolute Gasteiger partial charge is 0.414 e. The number of benzene rings is 2. The number of aliphatic hydroxyl groups is 2. The molecule has 1 fully saturated rings. The molecule has 22 heteroatoms. The van der Waals surface area contributed by atoms with Crippen LogP contribution in [0.3, 0.4) is 0 Å². The van der Waals surface area contributed by atoms with Gasteiger partial charge in [-0.25, -0.2) is 0 Å². The van der Waals surface area contributed by atoms with E-state index in [-0.39, 0.29) is 78.1 Å². The second kappa shape index (κ2) is 22.8. The Hall–Kier alpha value is -7.24. The minimum atomic E-state index is -2.13. The second-order valence-electron chi connectivity index (χ2n) is 20.6. The molecule has 0 spiro atoms. The number of hydrogen-bond acceptors (Lipinski definition) is 19. The molecule has 6 heterocycles. The summed E-state index contributed by atoms with van der Waals surface area (Å²) in [6.07, 6.45) is 4.24. The van der Waals surface area contributed by atoms with E-state index in [1.54, 1.807) is 49.3 Å². The molecule has 0 saturated carbocycles. The number of allylic oxidation sites excluding steroid dienone is 4. The van der Waals surface area contributed by atoms with E-state index in [1.165, 1.54) is 59.4 Å². The highest BCUT2D eigenvalue weighted by Crippen LogP contribution is 2.49. The number of rotatable bonds is 9. The Morgan fingerprint density at radius 1 is 0.961 bits per heavy atom. The zero-order chi connectivity index (χ0) is 55.8. The average Bonchev–Trinajstić information content (AvgIpc) is 4.09. The number of esters is 1. The van der Waals surface area contributed by atoms with Crippen LogP contribution in [0.15, 0.2) is 78.0 Å². The number of aromatic hydroxyl groups is 1. The lowest BCUT2D eigenvalue weighted by Crippen LogP contribution is -2.49. The van der Waals surface area contributed by atoms with Gasteiger partial charge in [-0.3, -0.25) is 33.4 Å². The minimum Gasteiger partial charge on any atom is -0.507 e. The van der Waals surface area contributed by atoms with Gasteiger partial charge in [-0.05, 0) is 36.0 Å². The van der Waals surface area contributed by atoms with E-state index in [4.69, 9.17) is 28.4 Å². The Kier molecular flexibility index (Phi) is 16.6. The highest BCUT2D eigenvalue weighted by atomic mass is 16.7. The van der Waals surface area contributed by atoms with E-state index >= 15 is 4.79 Å². The Morgan fingerprint density at radius 3 is 2.36 bits per heavy atom. The SMILES string of the molecule is CO[C@H]1/C=C/O[C@@]2(C)Oc3c(C)c(O)c4c(c3C2=O)C(=O)C(N2CCN(Cc3cccc(COC5COc6nc([N+](=O)[O-])cn6C5)c3)CC2)=C(NC(=O)/C(C)=C\C=C\[C@H](C)[C@H](O)[C@@H](C)[C@@H](O)[C@@H](C)[C@H](OC(C)=O)[C@@H]1C)C4=O. The van der Waals surface area contributed by atoms with Gasteiger partial charge in [0.15, 0.2) is 0 Å². The minimum absolute atomic E-state index is 0.0234. The number of hydrogen-bond donors (Lipinski definition) is 4. The van der Waals surface area contributed by atoms with Crippen molar-refractivity contribution in [2.75, 3.05) is 39.9 Å². The number of nitrogens with zero attached hydrogens (tertiary/aromatic N) is 5. The number of fused-ring (bicyclic) bond motifs is 15. The third-order valence-corrected chi connectivity index (χ3v) is 15.2. The fraction of sp³-hybridized carbons (Fsp3) is 0.491. The van der Waals surface area contributed by atoms with Crippen molar-refractivity contribution in [3.8, 4) is 17.5 Å². The Labute approximate surface area is 445 Å². The first kappa shape index (κ1) is 56.0. The summed E-state index contributed by atoms with van der Waals surface area (Å²) in [5.41, 5.74) is 0.225. The second-order valence-corrected chi connectivity index (χ2v) is 20.6. The van der Waals surface area contributed by atoms with Gasteiger partial charge in [0.25, 0.3) is 11.7 Å². The maximum atomic E-state index is 15.3. The molecular formula is C55H66N6O16. The quantitative estimate of drug-likeness (QED) is 0.126. The lowest BCUT2D eigenvalue weighted by atomic mass is 9.78. The molecule has 10 atom stereocenters. The molecule has 4 N–H and O–H groups in total. The van der Waals surface area contributed by atoms with Crippen molar-refractivity contribution in [2.24, 2.45) is 23.7 Å². The number of methoxy groups -OCH3 is 1. The average molecular weight is 1070 g/mol. The number of carbonyl (C=O) groups excluding carboxylic acids is 5. The maximum Gasteiger partial charge on any atom is 0.414 e. The van der Waals surface area contributed by atoms with E-state index < -0.39 is 105 Å². The van der Waals surface area contributed by atoms with Gasteiger partial charge in [-0.2, -0.15) is 0 Å². The Balaban J connectivity index is 1.08.